The van der Waals surface area contributed by atoms with E-state index in [-0.39, 0.29) is 24.9 Å². The lowest BCUT2D eigenvalue weighted by molar-refractivity contribution is -0.157. The summed E-state index contributed by atoms with van der Waals surface area (Å²) >= 11 is 0. The van der Waals surface area contributed by atoms with Gasteiger partial charge in [-0.15, -0.1) is 0 Å². The Morgan fingerprint density at radius 3 is 2.21 bits per heavy atom. The fourth-order valence-electron chi connectivity index (χ4n) is 2.37. The molecule has 1 amide bonds. The van der Waals surface area contributed by atoms with Gasteiger partial charge < -0.3 is 15.2 Å². The Bertz CT molecular complexity index is 543. The van der Waals surface area contributed by atoms with E-state index < -0.39 is 11.5 Å². The molecule has 1 atom stereocenters. The molecular formula is C19H29NO4. The molecular weight excluding hydrogens is 306 g/mol. The van der Waals surface area contributed by atoms with Gasteiger partial charge in [-0.3, -0.25) is 9.59 Å². The molecule has 2 N–H and O–H groups in total. The van der Waals surface area contributed by atoms with E-state index in [2.05, 4.69) is 5.32 Å². The van der Waals surface area contributed by atoms with Crippen LogP contribution in [0.1, 0.15) is 53.0 Å². The SMILES string of the molecule is CC(C)C[C@H](CC(=O)OC(C)(C)C)C(=O)Nc1ccc(CO)cc1. The van der Waals surface area contributed by atoms with Crippen LogP contribution in [-0.4, -0.2) is 22.6 Å². The third-order valence-electron chi connectivity index (χ3n) is 3.36. The van der Waals surface area contributed by atoms with Crippen LogP contribution >= 0.6 is 0 Å². The minimum atomic E-state index is -0.559. The first-order chi connectivity index (χ1) is 11.1. The Kier molecular flexibility index (Phi) is 7.42. The highest BCUT2D eigenvalue weighted by Gasteiger charge is 2.26. The quantitative estimate of drug-likeness (QED) is 0.748. The number of hydrogen-bond acceptors (Lipinski definition) is 4. The first-order valence-corrected chi connectivity index (χ1v) is 8.33. The molecule has 0 saturated carbocycles. The van der Waals surface area contributed by atoms with Crippen LogP contribution in [0, 0.1) is 11.8 Å². The number of aliphatic hydroxyl groups is 1. The molecule has 24 heavy (non-hydrogen) atoms. The van der Waals surface area contributed by atoms with E-state index in [9.17, 15) is 9.59 Å². The number of benzene rings is 1. The number of rotatable bonds is 7. The van der Waals surface area contributed by atoms with Crippen LogP contribution in [-0.2, 0) is 20.9 Å². The summed E-state index contributed by atoms with van der Waals surface area (Å²) in [7, 11) is 0. The van der Waals surface area contributed by atoms with Crippen molar-refractivity contribution in [3.63, 3.8) is 0 Å². The van der Waals surface area contributed by atoms with Crippen LogP contribution < -0.4 is 5.32 Å². The van der Waals surface area contributed by atoms with Crippen LogP contribution in [0.2, 0.25) is 0 Å². The molecule has 0 heterocycles. The number of anilines is 1. The summed E-state index contributed by atoms with van der Waals surface area (Å²) in [5.74, 6) is -0.692. The van der Waals surface area contributed by atoms with Crippen molar-refractivity contribution >= 4 is 17.6 Å². The Balaban J connectivity index is 2.74. The number of nitrogens with one attached hydrogen (secondary N) is 1. The molecule has 0 bridgehead atoms. The van der Waals surface area contributed by atoms with Gasteiger partial charge in [-0.05, 0) is 50.8 Å². The maximum Gasteiger partial charge on any atom is 0.307 e. The molecule has 0 radical (unpaired) electrons. The zero-order chi connectivity index (χ0) is 18.3. The molecule has 0 saturated heterocycles. The summed E-state index contributed by atoms with van der Waals surface area (Å²) in [6.45, 7) is 9.43. The molecule has 0 aliphatic rings. The van der Waals surface area contributed by atoms with E-state index in [4.69, 9.17) is 9.84 Å². The Hall–Kier alpha value is -1.88. The normalized spacial score (nSPS) is 12.8. The summed E-state index contributed by atoms with van der Waals surface area (Å²) in [4.78, 5) is 24.6. The highest BCUT2D eigenvalue weighted by molar-refractivity contribution is 5.94. The number of carbonyl (C=O) groups excluding carboxylic acids is 2. The van der Waals surface area contributed by atoms with Gasteiger partial charge in [0.2, 0.25) is 5.91 Å². The van der Waals surface area contributed by atoms with Gasteiger partial charge in [-0.1, -0.05) is 26.0 Å². The second-order valence-electron chi connectivity index (χ2n) is 7.46. The van der Waals surface area contributed by atoms with Crippen LogP contribution in [0.4, 0.5) is 5.69 Å². The second-order valence-corrected chi connectivity index (χ2v) is 7.46. The first kappa shape index (κ1) is 20.2. The van der Waals surface area contributed by atoms with Gasteiger partial charge in [0.15, 0.2) is 0 Å². The lowest BCUT2D eigenvalue weighted by Gasteiger charge is -2.23. The van der Waals surface area contributed by atoms with Gasteiger partial charge >= 0.3 is 5.97 Å². The summed E-state index contributed by atoms with van der Waals surface area (Å²) in [6, 6.07) is 6.98. The number of esters is 1. The predicted octanol–water partition coefficient (Wildman–Crippen LogP) is 3.51. The van der Waals surface area contributed by atoms with Crippen LogP contribution in [0.15, 0.2) is 24.3 Å². The zero-order valence-corrected chi connectivity index (χ0v) is 15.3. The van der Waals surface area contributed by atoms with Crippen molar-refractivity contribution in [2.75, 3.05) is 5.32 Å². The largest absolute Gasteiger partial charge is 0.460 e. The highest BCUT2D eigenvalue weighted by Crippen LogP contribution is 2.21. The third-order valence-corrected chi connectivity index (χ3v) is 3.36. The van der Waals surface area contributed by atoms with Crippen molar-refractivity contribution in [1.82, 2.24) is 0 Å². The monoisotopic (exact) mass is 335 g/mol. The van der Waals surface area contributed by atoms with E-state index >= 15 is 0 Å². The van der Waals surface area contributed by atoms with Crippen molar-refractivity contribution in [2.24, 2.45) is 11.8 Å². The van der Waals surface area contributed by atoms with E-state index in [0.29, 0.717) is 18.0 Å². The Morgan fingerprint density at radius 1 is 1.17 bits per heavy atom. The number of carbonyl (C=O) groups is 2. The standard InChI is InChI=1S/C19H29NO4/c1-13(2)10-15(11-17(22)24-19(3,4)5)18(23)20-16-8-6-14(12-21)7-9-16/h6-9,13,15,21H,10-12H2,1-5H3,(H,20,23)/t15-/m1/s1. The first-order valence-electron chi connectivity index (χ1n) is 8.33. The van der Waals surface area contributed by atoms with E-state index in [0.717, 1.165) is 5.56 Å². The molecule has 5 heteroatoms. The van der Waals surface area contributed by atoms with Gasteiger partial charge in [0.05, 0.1) is 13.0 Å². The second kappa shape index (κ2) is 8.83. The number of hydrogen-bond donors (Lipinski definition) is 2. The van der Waals surface area contributed by atoms with E-state index in [1.165, 1.54) is 0 Å². The molecule has 134 valence electrons. The van der Waals surface area contributed by atoms with E-state index in [1.54, 1.807) is 24.3 Å². The fourth-order valence-corrected chi connectivity index (χ4v) is 2.37. The lowest BCUT2D eigenvalue weighted by atomic mass is 9.93. The Labute approximate surface area is 144 Å². The molecule has 5 nitrogen and oxygen atoms in total. The summed E-state index contributed by atoms with van der Waals surface area (Å²) in [6.07, 6.45) is 0.676. The average Bonchev–Trinajstić information content (AvgIpc) is 2.44. The molecule has 1 aromatic carbocycles. The third kappa shape index (κ3) is 7.59. The maximum atomic E-state index is 12.5. The smallest absolute Gasteiger partial charge is 0.307 e. The summed E-state index contributed by atoms with van der Waals surface area (Å²) in [5.41, 5.74) is 0.867. The van der Waals surface area contributed by atoms with Crippen LogP contribution in [0.5, 0.6) is 0 Å². The minimum Gasteiger partial charge on any atom is -0.460 e. The predicted molar refractivity (Wildman–Crippen MR) is 94.4 cm³/mol. The molecule has 1 aromatic rings. The molecule has 0 aromatic heterocycles. The van der Waals surface area contributed by atoms with Crippen molar-refractivity contribution in [2.45, 2.75) is 59.7 Å². The van der Waals surface area contributed by atoms with Crippen molar-refractivity contribution in [3.8, 4) is 0 Å². The summed E-state index contributed by atoms with van der Waals surface area (Å²) < 4.78 is 5.33. The minimum absolute atomic E-state index is 0.0388. The molecule has 0 aliphatic heterocycles. The lowest BCUT2D eigenvalue weighted by Crippen LogP contribution is -2.30. The zero-order valence-electron chi connectivity index (χ0n) is 15.3. The number of ether oxygens (including phenoxy) is 1. The van der Waals surface area contributed by atoms with Gasteiger partial charge in [0, 0.05) is 11.6 Å². The maximum absolute atomic E-state index is 12.5. The number of aliphatic hydroxyl groups excluding tert-OH is 1. The topological polar surface area (TPSA) is 75.6 Å². The van der Waals surface area contributed by atoms with Crippen molar-refractivity contribution in [3.05, 3.63) is 29.8 Å². The molecule has 1 rings (SSSR count). The fraction of sp³-hybridized carbons (Fsp3) is 0.579. The summed E-state index contributed by atoms with van der Waals surface area (Å²) in [5, 5.41) is 11.9. The Morgan fingerprint density at radius 2 is 1.75 bits per heavy atom. The molecule has 0 spiro atoms. The van der Waals surface area contributed by atoms with Gasteiger partial charge in [0.1, 0.15) is 5.60 Å². The van der Waals surface area contributed by atoms with Crippen LogP contribution in [0.3, 0.4) is 0 Å². The average molecular weight is 335 g/mol. The highest BCUT2D eigenvalue weighted by atomic mass is 16.6. The van der Waals surface area contributed by atoms with Crippen molar-refractivity contribution in [1.29, 1.82) is 0 Å². The molecule has 0 aliphatic carbocycles. The van der Waals surface area contributed by atoms with Crippen molar-refractivity contribution < 1.29 is 19.4 Å². The van der Waals surface area contributed by atoms with Crippen LogP contribution in [0.25, 0.3) is 0 Å². The molecule has 0 unspecified atom stereocenters. The van der Waals surface area contributed by atoms with E-state index in [1.807, 2.05) is 34.6 Å². The van der Waals surface area contributed by atoms with Gasteiger partial charge in [-0.25, -0.2) is 0 Å². The number of amides is 1. The van der Waals surface area contributed by atoms with Gasteiger partial charge in [-0.2, -0.15) is 0 Å². The molecule has 0 fully saturated rings. The van der Waals surface area contributed by atoms with Gasteiger partial charge in [0.25, 0.3) is 0 Å².